The smallest absolute Gasteiger partial charge is 0.325 e. The fourth-order valence-corrected chi connectivity index (χ4v) is 0.879. The first kappa shape index (κ1) is 12.4. The van der Waals surface area contributed by atoms with Crippen LogP contribution in [0.4, 0.5) is 0 Å². The van der Waals surface area contributed by atoms with Gasteiger partial charge in [-0.2, -0.15) is 0 Å². The molecular formula is C9H19NO3. The Morgan fingerprint density at radius 3 is 2.69 bits per heavy atom. The Morgan fingerprint density at radius 2 is 2.15 bits per heavy atom. The van der Waals surface area contributed by atoms with Gasteiger partial charge in [-0.3, -0.25) is 4.79 Å². The molecule has 0 spiro atoms. The summed E-state index contributed by atoms with van der Waals surface area (Å²) in [7, 11) is 1.50. The number of methoxy groups -OCH3 is 1. The summed E-state index contributed by atoms with van der Waals surface area (Å²) < 4.78 is 9.64. The summed E-state index contributed by atoms with van der Waals surface area (Å²) in [5, 5.41) is 0. The van der Waals surface area contributed by atoms with Crippen LogP contribution in [-0.4, -0.2) is 32.3 Å². The standard InChI is InChI=1S/C9H19NO3/c1-3-4-5-6-13-9(11)8(10)7-12-2/h8H,3-7,10H2,1-2H3. The van der Waals surface area contributed by atoms with Crippen molar-refractivity contribution in [1.82, 2.24) is 0 Å². The zero-order chi connectivity index (χ0) is 10.1. The van der Waals surface area contributed by atoms with Crippen molar-refractivity contribution >= 4 is 5.97 Å². The maximum atomic E-state index is 11.1. The molecule has 0 radical (unpaired) electrons. The lowest BCUT2D eigenvalue weighted by Crippen LogP contribution is -2.36. The van der Waals surface area contributed by atoms with E-state index in [1.807, 2.05) is 0 Å². The van der Waals surface area contributed by atoms with E-state index in [9.17, 15) is 4.79 Å². The molecule has 0 rings (SSSR count). The lowest BCUT2D eigenvalue weighted by molar-refractivity contribution is -0.146. The third kappa shape index (κ3) is 6.54. The van der Waals surface area contributed by atoms with Crippen LogP contribution in [0.15, 0.2) is 0 Å². The quantitative estimate of drug-likeness (QED) is 0.473. The fraction of sp³-hybridized carbons (Fsp3) is 0.889. The van der Waals surface area contributed by atoms with Crippen LogP contribution in [0, 0.1) is 0 Å². The van der Waals surface area contributed by atoms with E-state index in [4.69, 9.17) is 15.2 Å². The maximum Gasteiger partial charge on any atom is 0.325 e. The third-order valence-electron chi connectivity index (χ3n) is 1.64. The normalized spacial score (nSPS) is 12.5. The lowest BCUT2D eigenvalue weighted by atomic mass is 10.3. The largest absolute Gasteiger partial charge is 0.464 e. The summed E-state index contributed by atoms with van der Waals surface area (Å²) >= 11 is 0. The number of esters is 1. The number of carbonyl (C=O) groups excluding carboxylic acids is 1. The Morgan fingerprint density at radius 1 is 1.46 bits per heavy atom. The minimum atomic E-state index is -0.647. The Kier molecular flexibility index (Phi) is 7.63. The van der Waals surface area contributed by atoms with Crippen molar-refractivity contribution in [3.8, 4) is 0 Å². The van der Waals surface area contributed by atoms with Gasteiger partial charge in [0, 0.05) is 7.11 Å². The SMILES string of the molecule is CCCCCOC(=O)C(N)COC. The Balaban J connectivity index is 3.38. The van der Waals surface area contributed by atoms with E-state index in [1.54, 1.807) is 0 Å². The average molecular weight is 189 g/mol. The molecule has 0 heterocycles. The van der Waals surface area contributed by atoms with Crippen molar-refractivity contribution in [3.05, 3.63) is 0 Å². The summed E-state index contributed by atoms with van der Waals surface area (Å²) in [4.78, 5) is 11.1. The zero-order valence-corrected chi connectivity index (χ0v) is 8.41. The summed E-state index contributed by atoms with van der Waals surface area (Å²) in [6.07, 6.45) is 3.09. The first-order valence-corrected chi connectivity index (χ1v) is 4.63. The van der Waals surface area contributed by atoms with E-state index in [-0.39, 0.29) is 12.6 Å². The van der Waals surface area contributed by atoms with Crippen LogP contribution < -0.4 is 5.73 Å². The van der Waals surface area contributed by atoms with Crippen LogP contribution in [0.2, 0.25) is 0 Å². The van der Waals surface area contributed by atoms with Crippen molar-refractivity contribution in [2.75, 3.05) is 20.3 Å². The molecule has 1 atom stereocenters. The second-order valence-corrected chi connectivity index (χ2v) is 2.94. The highest BCUT2D eigenvalue weighted by Crippen LogP contribution is 1.95. The predicted octanol–water partition coefficient (Wildman–Crippen LogP) is 0.694. The molecule has 0 aromatic carbocycles. The predicted molar refractivity (Wildman–Crippen MR) is 50.3 cm³/mol. The van der Waals surface area contributed by atoms with Gasteiger partial charge in [-0.25, -0.2) is 0 Å². The molecule has 0 amide bonds. The van der Waals surface area contributed by atoms with Crippen molar-refractivity contribution in [2.45, 2.75) is 32.2 Å². The summed E-state index contributed by atoms with van der Waals surface area (Å²) in [5.41, 5.74) is 5.44. The first-order valence-electron chi connectivity index (χ1n) is 4.63. The van der Waals surface area contributed by atoms with E-state index < -0.39 is 6.04 Å². The number of hydrogen-bond donors (Lipinski definition) is 1. The van der Waals surface area contributed by atoms with Gasteiger partial charge in [0.25, 0.3) is 0 Å². The molecule has 4 nitrogen and oxygen atoms in total. The second-order valence-electron chi connectivity index (χ2n) is 2.94. The van der Waals surface area contributed by atoms with Crippen molar-refractivity contribution in [3.63, 3.8) is 0 Å². The molecular weight excluding hydrogens is 170 g/mol. The minimum absolute atomic E-state index is 0.215. The molecule has 0 aliphatic heterocycles. The van der Waals surface area contributed by atoms with E-state index in [1.165, 1.54) is 7.11 Å². The number of rotatable bonds is 7. The topological polar surface area (TPSA) is 61.5 Å². The highest BCUT2D eigenvalue weighted by molar-refractivity contribution is 5.75. The van der Waals surface area contributed by atoms with E-state index in [2.05, 4.69) is 6.92 Å². The zero-order valence-electron chi connectivity index (χ0n) is 8.41. The van der Waals surface area contributed by atoms with E-state index >= 15 is 0 Å². The minimum Gasteiger partial charge on any atom is -0.464 e. The van der Waals surface area contributed by atoms with Gasteiger partial charge in [0.2, 0.25) is 0 Å². The van der Waals surface area contributed by atoms with Gasteiger partial charge < -0.3 is 15.2 Å². The second kappa shape index (κ2) is 8.01. The summed E-state index contributed by atoms with van der Waals surface area (Å²) in [6.45, 7) is 2.77. The lowest BCUT2D eigenvalue weighted by Gasteiger charge is -2.09. The summed E-state index contributed by atoms with van der Waals surface area (Å²) in [5.74, 6) is -0.377. The molecule has 0 saturated carbocycles. The molecule has 0 fully saturated rings. The van der Waals surface area contributed by atoms with Crippen LogP contribution in [0.3, 0.4) is 0 Å². The first-order chi connectivity index (χ1) is 6.22. The number of unbranched alkanes of at least 4 members (excludes halogenated alkanes) is 2. The fourth-order valence-electron chi connectivity index (χ4n) is 0.879. The summed E-state index contributed by atoms with van der Waals surface area (Å²) in [6, 6.07) is -0.647. The maximum absolute atomic E-state index is 11.1. The molecule has 0 saturated heterocycles. The molecule has 0 aliphatic rings. The molecule has 0 aromatic rings. The number of ether oxygens (including phenoxy) is 2. The number of nitrogens with two attached hydrogens (primary N) is 1. The Labute approximate surface area is 79.4 Å². The number of carbonyl (C=O) groups is 1. The van der Waals surface area contributed by atoms with Gasteiger partial charge >= 0.3 is 5.97 Å². The molecule has 13 heavy (non-hydrogen) atoms. The van der Waals surface area contributed by atoms with Crippen molar-refractivity contribution < 1.29 is 14.3 Å². The van der Waals surface area contributed by atoms with Crippen LogP contribution in [-0.2, 0) is 14.3 Å². The Hall–Kier alpha value is -0.610. The molecule has 78 valence electrons. The van der Waals surface area contributed by atoms with Crippen molar-refractivity contribution in [1.29, 1.82) is 0 Å². The average Bonchev–Trinajstić information content (AvgIpc) is 2.12. The van der Waals surface area contributed by atoms with Gasteiger partial charge in [-0.05, 0) is 6.42 Å². The Bertz CT molecular complexity index is 139. The van der Waals surface area contributed by atoms with Crippen LogP contribution in [0.1, 0.15) is 26.2 Å². The highest BCUT2D eigenvalue weighted by atomic mass is 16.5. The van der Waals surface area contributed by atoms with Gasteiger partial charge in [0.1, 0.15) is 6.04 Å². The van der Waals surface area contributed by atoms with Gasteiger partial charge in [0.15, 0.2) is 0 Å². The van der Waals surface area contributed by atoms with Crippen LogP contribution in [0.5, 0.6) is 0 Å². The molecule has 0 bridgehead atoms. The van der Waals surface area contributed by atoms with Crippen LogP contribution in [0.25, 0.3) is 0 Å². The van der Waals surface area contributed by atoms with Gasteiger partial charge in [-0.1, -0.05) is 19.8 Å². The number of hydrogen-bond acceptors (Lipinski definition) is 4. The van der Waals surface area contributed by atoms with Crippen LogP contribution >= 0.6 is 0 Å². The van der Waals surface area contributed by atoms with Gasteiger partial charge in [-0.15, -0.1) is 0 Å². The molecule has 4 heteroatoms. The molecule has 1 unspecified atom stereocenters. The molecule has 0 aromatic heterocycles. The molecule has 2 N–H and O–H groups in total. The van der Waals surface area contributed by atoms with Crippen molar-refractivity contribution in [2.24, 2.45) is 5.73 Å². The van der Waals surface area contributed by atoms with Gasteiger partial charge in [0.05, 0.1) is 13.2 Å². The molecule has 0 aliphatic carbocycles. The van der Waals surface area contributed by atoms with E-state index in [0.29, 0.717) is 6.61 Å². The highest BCUT2D eigenvalue weighted by Gasteiger charge is 2.13. The monoisotopic (exact) mass is 189 g/mol. The third-order valence-corrected chi connectivity index (χ3v) is 1.64. The van der Waals surface area contributed by atoms with E-state index in [0.717, 1.165) is 19.3 Å².